The molecule has 2 rings (SSSR count). The average molecular weight is 330 g/mol. The molecule has 1 aliphatic heterocycles. The van der Waals surface area contributed by atoms with Crippen molar-refractivity contribution in [3.8, 4) is 5.75 Å². The number of methoxy groups -OCH3 is 1. The molecule has 1 N–H and O–H groups in total. The molecule has 2 nitrogen and oxygen atoms in total. The van der Waals surface area contributed by atoms with E-state index in [1.807, 2.05) is 0 Å². The molecular formula is C14H20BrNOS. The summed E-state index contributed by atoms with van der Waals surface area (Å²) >= 11 is 5.35. The first-order valence-electron chi connectivity index (χ1n) is 6.35. The Morgan fingerprint density at radius 1 is 1.50 bits per heavy atom. The van der Waals surface area contributed by atoms with Gasteiger partial charge in [0.1, 0.15) is 5.75 Å². The van der Waals surface area contributed by atoms with Crippen molar-refractivity contribution in [2.75, 3.05) is 26.5 Å². The van der Waals surface area contributed by atoms with Gasteiger partial charge in [0.15, 0.2) is 0 Å². The molecular weight excluding hydrogens is 310 g/mol. The Balaban J connectivity index is 2.15. The molecule has 100 valence electrons. The Morgan fingerprint density at radius 3 is 2.94 bits per heavy atom. The van der Waals surface area contributed by atoms with Gasteiger partial charge in [-0.2, -0.15) is 0 Å². The van der Waals surface area contributed by atoms with Crippen molar-refractivity contribution in [1.82, 2.24) is 5.32 Å². The van der Waals surface area contributed by atoms with Gasteiger partial charge in [-0.1, -0.05) is 0 Å². The summed E-state index contributed by atoms with van der Waals surface area (Å²) in [6, 6.07) is 4.47. The van der Waals surface area contributed by atoms with E-state index in [2.05, 4.69) is 39.6 Å². The number of rotatable bonds is 4. The van der Waals surface area contributed by atoms with E-state index in [0.717, 1.165) is 29.1 Å². The highest BCUT2D eigenvalue weighted by Gasteiger charge is 2.16. The zero-order chi connectivity index (χ0) is 13.0. The zero-order valence-corrected chi connectivity index (χ0v) is 13.4. The lowest BCUT2D eigenvalue weighted by Crippen LogP contribution is -2.30. The molecule has 18 heavy (non-hydrogen) atoms. The van der Waals surface area contributed by atoms with Crippen LogP contribution < -0.4 is 10.1 Å². The lowest BCUT2D eigenvalue weighted by Gasteiger charge is -2.23. The van der Waals surface area contributed by atoms with Crippen LogP contribution in [-0.2, 0) is 6.42 Å². The van der Waals surface area contributed by atoms with Crippen LogP contribution >= 0.6 is 27.7 Å². The number of piperidine rings is 1. The minimum absolute atomic E-state index is 0.772. The van der Waals surface area contributed by atoms with Gasteiger partial charge in [0.05, 0.1) is 16.5 Å². The molecule has 0 bridgehead atoms. The standard InChI is InChI=1S/C14H20BrNOS/c1-17-14-12(15)7-11(8-13(14)18-2)6-10-4-3-5-16-9-10/h7-8,10,16H,3-6,9H2,1-2H3. The van der Waals surface area contributed by atoms with Crippen molar-refractivity contribution in [1.29, 1.82) is 0 Å². The normalized spacial score (nSPS) is 19.8. The van der Waals surface area contributed by atoms with Crippen LogP contribution in [0.3, 0.4) is 0 Å². The SMILES string of the molecule is COc1c(Br)cc(CC2CCCNC2)cc1SC. The largest absolute Gasteiger partial charge is 0.494 e. The monoisotopic (exact) mass is 329 g/mol. The van der Waals surface area contributed by atoms with Crippen LogP contribution in [0.4, 0.5) is 0 Å². The maximum absolute atomic E-state index is 5.43. The van der Waals surface area contributed by atoms with Crippen molar-refractivity contribution >= 4 is 27.7 Å². The Labute approximate surface area is 122 Å². The second-order valence-electron chi connectivity index (χ2n) is 4.73. The van der Waals surface area contributed by atoms with E-state index in [4.69, 9.17) is 4.74 Å². The van der Waals surface area contributed by atoms with Gasteiger partial charge in [0.25, 0.3) is 0 Å². The maximum Gasteiger partial charge on any atom is 0.146 e. The van der Waals surface area contributed by atoms with E-state index in [-0.39, 0.29) is 0 Å². The molecule has 0 saturated carbocycles. The number of benzene rings is 1. The molecule has 0 spiro atoms. The van der Waals surface area contributed by atoms with Crippen molar-refractivity contribution in [2.24, 2.45) is 5.92 Å². The summed E-state index contributed by atoms with van der Waals surface area (Å²) in [5, 5.41) is 3.48. The minimum Gasteiger partial charge on any atom is -0.494 e. The van der Waals surface area contributed by atoms with Crippen LogP contribution in [0.2, 0.25) is 0 Å². The molecule has 1 aliphatic rings. The van der Waals surface area contributed by atoms with E-state index in [0.29, 0.717) is 0 Å². The Bertz CT molecular complexity index is 405. The van der Waals surface area contributed by atoms with Gasteiger partial charge >= 0.3 is 0 Å². The Kier molecular flexibility index (Phi) is 5.39. The number of hydrogen-bond acceptors (Lipinski definition) is 3. The quantitative estimate of drug-likeness (QED) is 0.850. The third-order valence-corrected chi connectivity index (χ3v) is 4.75. The van der Waals surface area contributed by atoms with Gasteiger partial charge < -0.3 is 10.1 Å². The fourth-order valence-corrected chi connectivity index (χ4v) is 3.97. The molecule has 1 aromatic carbocycles. The van der Waals surface area contributed by atoms with E-state index < -0.39 is 0 Å². The zero-order valence-electron chi connectivity index (χ0n) is 11.0. The fraction of sp³-hybridized carbons (Fsp3) is 0.571. The van der Waals surface area contributed by atoms with Crippen LogP contribution in [0.5, 0.6) is 5.75 Å². The second kappa shape index (κ2) is 6.83. The number of hydrogen-bond donors (Lipinski definition) is 1. The predicted octanol–water partition coefficient (Wildman–Crippen LogP) is 3.72. The molecule has 1 unspecified atom stereocenters. The lowest BCUT2D eigenvalue weighted by atomic mass is 9.92. The molecule has 0 aliphatic carbocycles. The number of ether oxygens (including phenoxy) is 1. The van der Waals surface area contributed by atoms with Gasteiger partial charge in [-0.15, -0.1) is 11.8 Å². The van der Waals surface area contributed by atoms with Crippen LogP contribution in [0.15, 0.2) is 21.5 Å². The average Bonchev–Trinajstić information content (AvgIpc) is 2.39. The van der Waals surface area contributed by atoms with Crippen molar-refractivity contribution in [3.63, 3.8) is 0 Å². The first kappa shape index (κ1) is 14.2. The van der Waals surface area contributed by atoms with Crippen molar-refractivity contribution in [2.45, 2.75) is 24.2 Å². The molecule has 1 heterocycles. The first-order valence-corrected chi connectivity index (χ1v) is 8.37. The smallest absolute Gasteiger partial charge is 0.146 e. The van der Waals surface area contributed by atoms with Gasteiger partial charge in [-0.05, 0) is 78.2 Å². The summed E-state index contributed by atoms with van der Waals surface area (Å²) in [6.45, 7) is 2.33. The topological polar surface area (TPSA) is 21.3 Å². The molecule has 1 fully saturated rings. The summed E-state index contributed by atoms with van der Waals surface area (Å²) in [5.41, 5.74) is 1.40. The van der Waals surface area contributed by atoms with Crippen LogP contribution in [0.1, 0.15) is 18.4 Å². The summed E-state index contributed by atoms with van der Waals surface area (Å²) in [6.07, 6.45) is 5.89. The Hall–Kier alpha value is -0.190. The van der Waals surface area contributed by atoms with Crippen LogP contribution in [0, 0.1) is 5.92 Å². The highest BCUT2D eigenvalue weighted by molar-refractivity contribution is 9.10. The summed E-state index contributed by atoms with van der Waals surface area (Å²) < 4.78 is 6.50. The summed E-state index contributed by atoms with van der Waals surface area (Å²) in [5.74, 6) is 1.72. The fourth-order valence-electron chi connectivity index (χ4n) is 2.52. The highest BCUT2D eigenvalue weighted by atomic mass is 79.9. The van der Waals surface area contributed by atoms with Crippen molar-refractivity contribution in [3.05, 3.63) is 22.2 Å². The molecule has 0 aromatic heterocycles. The third-order valence-electron chi connectivity index (χ3n) is 3.42. The number of nitrogens with one attached hydrogen (secondary N) is 1. The van der Waals surface area contributed by atoms with E-state index >= 15 is 0 Å². The van der Waals surface area contributed by atoms with Crippen molar-refractivity contribution < 1.29 is 4.74 Å². The van der Waals surface area contributed by atoms with E-state index in [9.17, 15) is 0 Å². The van der Waals surface area contributed by atoms with E-state index in [1.165, 1.54) is 29.8 Å². The second-order valence-corrected chi connectivity index (χ2v) is 6.43. The van der Waals surface area contributed by atoms with Crippen LogP contribution in [-0.4, -0.2) is 26.5 Å². The molecule has 1 atom stereocenters. The predicted molar refractivity (Wildman–Crippen MR) is 81.8 cm³/mol. The van der Waals surface area contributed by atoms with Gasteiger partial charge in [0, 0.05) is 0 Å². The number of thioether (sulfide) groups is 1. The lowest BCUT2D eigenvalue weighted by molar-refractivity contribution is 0.374. The molecule has 1 aromatic rings. The number of halogens is 1. The van der Waals surface area contributed by atoms with Gasteiger partial charge in [-0.3, -0.25) is 0 Å². The minimum atomic E-state index is 0.772. The Morgan fingerprint density at radius 2 is 2.33 bits per heavy atom. The summed E-state index contributed by atoms with van der Waals surface area (Å²) in [7, 11) is 1.73. The van der Waals surface area contributed by atoms with Gasteiger partial charge in [0.2, 0.25) is 0 Å². The molecule has 0 radical (unpaired) electrons. The third kappa shape index (κ3) is 3.43. The van der Waals surface area contributed by atoms with Crippen LogP contribution in [0.25, 0.3) is 0 Å². The maximum atomic E-state index is 5.43. The van der Waals surface area contributed by atoms with E-state index in [1.54, 1.807) is 18.9 Å². The molecule has 4 heteroatoms. The molecule has 1 saturated heterocycles. The van der Waals surface area contributed by atoms with Gasteiger partial charge in [-0.25, -0.2) is 0 Å². The first-order chi connectivity index (χ1) is 8.74. The molecule has 0 amide bonds. The highest BCUT2D eigenvalue weighted by Crippen LogP contribution is 2.36. The summed E-state index contributed by atoms with van der Waals surface area (Å²) in [4.78, 5) is 1.21.